The number of hydrogen-bond donors (Lipinski definition) is 3. The molecule has 1 aliphatic carbocycles. The van der Waals surface area contributed by atoms with Crippen LogP contribution in [0.25, 0.3) is 10.9 Å². The molecule has 5 rings (SSSR count). The Morgan fingerprint density at radius 3 is 2.78 bits per heavy atom. The zero-order chi connectivity index (χ0) is 26.2. The maximum atomic E-state index is 13.8. The number of hydrogen-bond acceptors (Lipinski definition) is 5. The second kappa shape index (κ2) is 10.3. The van der Waals surface area contributed by atoms with Gasteiger partial charge in [-0.15, -0.1) is 0 Å². The molecule has 0 radical (unpaired) electrons. The lowest BCUT2D eigenvalue weighted by molar-refractivity contribution is -0.126. The summed E-state index contributed by atoms with van der Waals surface area (Å²) >= 11 is 6.48. The minimum atomic E-state index is -0.791. The number of benzene rings is 1. The van der Waals surface area contributed by atoms with E-state index in [1.807, 2.05) is 6.07 Å². The number of rotatable bonds is 6. The average Bonchev–Trinajstić information content (AvgIpc) is 3.62. The van der Waals surface area contributed by atoms with Gasteiger partial charge >= 0.3 is 0 Å². The molecular formula is C27H32ClN5O4. The number of nitrogens with zero attached hydrogens (tertiary/aromatic N) is 2. The van der Waals surface area contributed by atoms with Gasteiger partial charge in [0.2, 0.25) is 11.8 Å². The Hall–Kier alpha value is -3.25. The summed E-state index contributed by atoms with van der Waals surface area (Å²) in [6.45, 7) is 1.09. The molecule has 196 valence electrons. The molecule has 2 aromatic rings. The highest BCUT2D eigenvalue weighted by Crippen LogP contribution is 2.47. The van der Waals surface area contributed by atoms with Crippen molar-refractivity contribution >= 4 is 40.2 Å². The Kier molecular flexibility index (Phi) is 7.04. The smallest absolute Gasteiger partial charge is 0.271 e. The molecule has 37 heavy (non-hydrogen) atoms. The first-order valence-electron chi connectivity index (χ1n) is 13.0. The summed E-state index contributed by atoms with van der Waals surface area (Å²) in [5, 5.41) is 16.4. The van der Waals surface area contributed by atoms with Crippen molar-refractivity contribution in [1.82, 2.24) is 20.5 Å². The number of carbonyl (C=O) groups is 3. The predicted octanol–water partition coefficient (Wildman–Crippen LogP) is 3.53. The molecule has 3 amide bonds. The van der Waals surface area contributed by atoms with Crippen molar-refractivity contribution in [2.24, 2.45) is 11.3 Å². The number of H-pyrrole nitrogens is 1. The Morgan fingerprint density at radius 1 is 1.32 bits per heavy atom. The lowest BCUT2D eigenvalue weighted by atomic mass is 9.72. The van der Waals surface area contributed by atoms with Gasteiger partial charge in [0.15, 0.2) is 0 Å². The number of halogens is 1. The maximum Gasteiger partial charge on any atom is 0.271 e. The molecule has 2 aliphatic heterocycles. The second-order valence-corrected chi connectivity index (χ2v) is 11.0. The van der Waals surface area contributed by atoms with Gasteiger partial charge < -0.3 is 25.3 Å². The second-order valence-electron chi connectivity index (χ2n) is 10.6. The van der Waals surface area contributed by atoms with E-state index in [1.165, 1.54) is 7.11 Å². The summed E-state index contributed by atoms with van der Waals surface area (Å²) in [5.41, 5.74) is 0.965. The third-order valence-electron chi connectivity index (χ3n) is 8.29. The van der Waals surface area contributed by atoms with Gasteiger partial charge in [-0.25, -0.2) is 0 Å². The normalized spacial score (nSPS) is 23.6. The molecule has 0 unspecified atom stereocenters. The molecule has 3 fully saturated rings. The van der Waals surface area contributed by atoms with Crippen molar-refractivity contribution in [3.05, 3.63) is 28.9 Å². The van der Waals surface area contributed by atoms with Crippen molar-refractivity contribution in [2.45, 2.75) is 63.5 Å². The molecule has 1 aromatic heterocycles. The summed E-state index contributed by atoms with van der Waals surface area (Å²) < 4.78 is 5.30. The third kappa shape index (κ3) is 4.87. The zero-order valence-corrected chi connectivity index (χ0v) is 21.7. The van der Waals surface area contributed by atoms with Crippen LogP contribution in [0, 0.1) is 22.7 Å². The highest BCUT2D eigenvalue weighted by atomic mass is 35.5. The van der Waals surface area contributed by atoms with E-state index in [1.54, 1.807) is 17.0 Å². The van der Waals surface area contributed by atoms with Crippen LogP contribution in [0.5, 0.6) is 5.75 Å². The highest BCUT2D eigenvalue weighted by molar-refractivity contribution is 6.37. The van der Waals surface area contributed by atoms with Gasteiger partial charge in [0.05, 0.1) is 18.2 Å². The number of methoxy groups -OCH3 is 1. The van der Waals surface area contributed by atoms with E-state index in [2.05, 4.69) is 21.7 Å². The molecule has 3 aliphatic rings. The van der Waals surface area contributed by atoms with Crippen LogP contribution < -0.4 is 15.4 Å². The van der Waals surface area contributed by atoms with Crippen LogP contribution in [0.15, 0.2) is 18.2 Å². The topological polar surface area (TPSA) is 127 Å². The number of likely N-dealkylation sites (tertiary alicyclic amines) is 1. The summed E-state index contributed by atoms with van der Waals surface area (Å²) in [4.78, 5) is 44.2. The number of aromatic amines is 1. The Balaban J connectivity index is 1.39. The number of nitriles is 1. The number of amides is 3. The molecule has 3 N–H and O–H groups in total. The van der Waals surface area contributed by atoms with Gasteiger partial charge in [0.1, 0.15) is 23.5 Å². The summed E-state index contributed by atoms with van der Waals surface area (Å²) in [5.74, 6) is -0.453. The lowest BCUT2D eigenvalue weighted by Gasteiger charge is -2.32. The third-order valence-corrected chi connectivity index (χ3v) is 8.68. The molecule has 1 saturated carbocycles. The van der Waals surface area contributed by atoms with Crippen LogP contribution in [0.2, 0.25) is 5.02 Å². The number of nitrogens with one attached hydrogen (secondary N) is 3. The van der Waals surface area contributed by atoms with Crippen molar-refractivity contribution in [1.29, 1.82) is 5.26 Å². The van der Waals surface area contributed by atoms with E-state index in [0.29, 0.717) is 53.3 Å². The molecule has 0 bridgehead atoms. The molecule has 10 heteroatoms. The maximum absolute atomic E-state index is 13.8. The molecule has 3 heterocycles. The van der Waals surface area contributed by atoms with Crippen molar-refractivity contribution in [3.63, 3.8) is 0 Å². The van der Waals surface area contributed by atoms with Gasteiger partial charge in [-0.1, -0.05) is 30.9 Å². The number of aromatic nitrogens is 1. The average molecular weight is 526 g/mol. The fourth-order valence-corrected chi connectivity index (χ4v) is 6.61. The monoisotopic (exact) mass is 525 g/mol. The van der Waals surface area contributed by atoms with Gasteiger partial charge in [0.25, 0.3) is 5.91 Å². The van der Waals surface area contributed by atoms with Gasteiger partial charge in [-0.2, -0.15) is 5.26 Å². The molecule has 2 saturated heterocycles. The highest BCUT2D eigenvalue weighted by Gasteiger charge is 2.49. The van der Waals surface area contributed by atoms with E-state index in [-0.39, 0.29) is 35.5 Å². The number of fused-ring (bicyclic) bond motifs is 1. The van der Waals surface area contributed by atoms with Crippen LogP contribution in [0.1, 0.15) is 61.9 Å². The van der Waals surface area contributed by atoms with Crippen LogP contribution in [0.4, 0.5) is 0 Å². The molecular weight excluding hydrogens is 494 g/mol. The fourth-order valence-electron chi connectivity index (χ4n) is 6.31. The quantitative estimate of drug-likeness (QED) is 0.531. The van der Waals surface area contributed by atoms with Gasteiger partial charge in [0, 0.05) is 29.9 Å². The molecule has 9 nitrogen and oxygen atoms in total. The Bertz CT molecular complexity index is 1260. The van der Waals surface area contributed by atoms with E-state index >= 15 is 0 Å². The van der Waals surface area contributed by atoms with E-state index in [9.17, 15) is 19.6 Å². The SMILES string of the molecule is COc1ccc2[nH]c(C(=O)N3CC4(CCCCC4)C[C@H]3C(=O)N[C@H](C#N)C[C@@H]3CCNC3=O)cc2c1Cl. The first kappa shape index (κ1) is 25.4. The molecule has 1 aromatic carbocycles. The zero-order valence-electron chi connectivity index (χ0n) is 20.9. The number of ether oxygens (including phenoxy) is 1. The van der Waals surface area contributed by atoms with Crippen LogP contribution in [-0.4, -0.2) is 59.9 Å². The Morgan fingerprint density at radius 2 is 2.11 bits per heavy atom. The first-order chi connectivity index (χ1) is 17.8. The predicted molar refractivity (Wildman–Crippen MR) is 138 cm³/mol. The van der Waals surface area contributed by atoms with E-state index in [0.717, 1.165) is 32.1 Å². The van der Waals surface area contributed by atoms with Crippen LogP contribution in [-0.2, 0) is 9.59 Å². The summed E-state index contributed by atoms with van der Waals surface area (Å²) in [6, 6.07) is 5.92. The van der Waals surface area contributed by atoms with E-state index < -0.39 is 12.1 Å². The van der Waals surface area contributed by atoms with Crippen molar-refractivity contribution < 1.29 is 19.1 Å². The minimum absolute atomic E-state index is 0.0811. The summed E-state index contributed by atoms with van der Waals surface area (Å²) in [7, 11) is 1.54. The molecule has 1 spiro atoms. The van der Waals surface area contributed by atoms with Crippen LogP contribution in [0.3, 0.4) is 0 Å². The van der Waals surface area contributed by atoms with Gasteiger partial charge in [-0.3, -0.25) is 14.4 Å². The first-order valence-corrected chi connectivity index (χ1v) is 13.4. The number of carbonyl (C=O) groups excluding carboxylic acids is 3. The standard InChI is InChI=1S/C27H32ClN5O4/c1-37-22-6-5-19-18(23(22)28)12-20(32-19)26(36)33-15-27(8-3-2-4-9-27)13-21(33)25(35)31-17(14-29)11-16-7-10-30-24(16)34/h5-6,12,16-17,21,32H,2-4,7-11,13,15H2,1H3,(H,30,34)(H,31,35)/t16-,17-,21-/m0/s1. The van der Waals surface area contributed by atoms with Crippen molar-refractivity contribution in [2.75, 3.05) is 20.2 Å². The lowest BCUT2D eigenvalue weighted by Crippen LogP contribution is -2.49. The van der Waals surface area contributed by atoms with Crippen LogP contribution >= 0.6 is 11.6 Å². The van der Waals surface area contributed by atoms with E-state index in [4.69, 9.17) is 16.3 Å². The fraction of sp³-hybridized carbons (Fsp3) is 0.556. The largest absolute Gasteiger partial charge is 0.495 e. The Labute approximate surface area is 220 Å². The summed E-state index contributed by atoms with van der Waals surface area (Å²) in [6.07, 6.45) is 6.75. The molecule has 3 atom stereocenters. The van der Waals surface area contributed by atoms with Crippen molar-refractivity contribution in [3.8, 4) is 11.8 Å². The minimum Gasteiger partial charge on any atom is -0.495 e. The van der Waals surface area contributed by atoms with Gasteiger partial charge in [-0.05, 0) is 55.7 Å².